The Bertz CT molecular complexity index is 1230. The molecule has 160 valence electrons. The Hall–Kier alpha value is -3.79. The summed E-state index contributed by atoms with van der Waals surface area (Å²) < 4.78 is 0. The van der Waals surface area contributed by atoms with Gasteiger partial charge in [0.05, 0.1) is 16.7 Å². The summed E-state index contributed by atoms with van der Waals surface area (Å²) in [5.74, 6) is -0.456. The van der Waals surface area contributed by atoms with E-state index in [2.05, 4.69) is 47.7 Å². The monoisotopic (exact) mass is 420 g/mol. The number of carbonyl (C=O) groups excluding carboxylic acids is 1. The quantitative estimate of drug-likeness (QED) is 0.333. The van der Waals surface area contributed by atoms with Crippen molar-refractivity contribution in [2.75, 3.05) is 13.1 Å². The minimum absolute atomic E-state index is 0.0395. The Balaban J connectivity index is 1.92. The van der Waals surface area contributed by atoms with Crippen LogP contribution in [0.2, 0.25) is 0 Å². The molecular weight excluding hydrogens is 396 g/mol. The van der Waals surface area contributed by atoms with Crippen LogP contribution in [0.5, 0.6) is 0 Å². The lowest BCUT2D eigenvalue weighted by Gasteiger charge is -2.06. The summed E-state index contributed by atoms with van der Waals surface area (Å²) in [5.41, 5.74) is 5.35. The number of rotatable bonds is 7. The van der Waals surface area contributed by atoms with Gasteiger partial charge in [-0.2, -0.15) is 5.10 Å². The molecule has 4 heterocycles. The molecule has 1 amide bonds. The molecule has 1 unspecified atom stereocenters. The van der Waals surface area contributed by atoms with Crippen LogP contribution in [0.25, 0.3) is 11.8 Å². The normalized spacial score (nSPS) is 17.3. The van der Waals surface area contributed by atoms with Gasteiger partial charge in [-0.15, -0.1) is 0 Å². The molecule has 0 aliphatic carbocycles. The summed E-state index contributed by atoms with van der Waals surface area (Å²) in [6.07, 6.45) is 10.4. The van der Waals surface area contributed by atoms with E-state index in [1.165, 1.54) is 6.21 Å². The van der Waals surface area contributed by atoms with E-state index in [4.69, 9.17) is 0 Å². The zero-order chi connectivity index (χ0) is 21.8. The molecule has 0 aromatic carbocycles. The maximum atomic E-state index is 12.1. The number of hydrazone groups is 1. The van der Waals surface area contributed by atoms with Crippen LogP contribution in [0.1, 0.15) is 41.3 Å². The molecule has 1 aliphatic rings. The molecule has 10 nitrogen and oxygen atoms in total. The second-order valence-corrected chi connectivity index (χ2v) is 7.11. The van der Waals surface area contributed by atoms with Gasteiger partial charge < -0.3 is 20.4 Å². The largest absolute Gasteiger partial charge is 0.504 e. The van der Waals surface area contributed by atoms with Gasteiger partial charge in [-0.3, -0.25) is 14.8 Å². The molecule has 1 aliphatic heterocycles. The Morgan fingerprint density at radius 1 is 1.26 bits per heavy atom. The van der Waals surface area contributed by atoms with Crippen LogP contribution in [0.4, 0.5) is 0 Å². The summed E-state index contributed by atoms with van der Waals surface area (Å²) in [6, 6.07) is 0. The molecule has 1 atom stereocenters. The van der Waals surface area contributed by atoms with Gasteiger partial charge in [0.2, 0.25) is 0 Å². The standard InChI is InChI=1S/C21H24N8O2/c1-3-22-5-4-13-12(2)28-15(17(13)19(30)20-25-8-9-26-20)10-16-18(24-7-6-23-16)14-11-27-29-21(14)31/h6-11,14,22,28,30H,3-5H2,1-2H3,(H,25,26)(H,29,31). The van der Waals surface area contributed by atoms with Gasteiger partial charge in [-0.1, -0.05) is 6.92 Å². The van der Waals surface area contributed by atoms with Crippen LogP contribution in [0.15, 0.2) is 29.9 Å². The first-order chi connectivity index (χ1) is 15.1. The van der Waals surface area contributed by atoms with Crippen molar-refractivity contribution in [1.82, 2.24) is 35.7 Å². The third-order valence-corrected chi connectivity index (χ3v) is 5.12. The van der Waals surface area contributed by atoms with Gasteiger partial charge in [-0.05, 0) is 38.1 Å². The summed E-state index contributed by atoms with van der Waals surface area (Å²) in [4.78, 5) is 31.4. The molecule has 4 rings (SSSR count). The zero-order valence-electron chi connectivity index (χ0n) is 17.3. The molecule has 31 heavy (non-hydrogen) atoms. The highest BCUT2D eigenvalue weighted by atomic mass is 16.3. The number of likely N-dealkylation sites (N-methyl/N-ethyl adjacent to an activating group) is 1. The topological polar surface area (TPSA) is 144 Å². The zero-order valence-corrected chi connectivity index (χ0v) is 17.3. The van der Waals surface area contributed by atoms with Crippen LogP contribution in [0, 0.1) is 6.92 Å². The maximum absolute atomic E-state index is 12.1. The highest BCUT2D eigenvalue weighted by Gasteiger charge is 2.26. The summed E-state index contributed by atoms with van der Waals surface area (Å²) in [6.45, 7) is 5.64. The van der Waals surface area contributed by atoms with E-state index in [9.17, 15) is 9.90 Å². The Kier molecular flexibility index (Phi) is 5.89. The number of nitrogens with one attached hydrogen (secondary N) is 4. The van der Waals surface area contributed by atoms with E-state index in [1.54, 1.807) is 30.9 Å². The van der Waals surface area contributed by atoms with Crippen molar-refractivity contribution in [3.63, 3.8) is 0 Å². The summed E-state index contributed by atoms with van der Waals surface area (Å²) in [5, 5.41) is 19.5. The van der Waals surface area contributed by atoms with Gasteiger partial charge >= 0.3 is 0 Å². The molecule has 3 aromatic rings. The lowest BCUT2D eigenvalue weighted by Crippen LogP contribution is -2.31. The number of carbonyl (C=O) groups is 1. The van der Waals surface area contributed by atoms with Crippen molar-refractivity contribution in [3.05, 3.63) is 63.8 Å². The number of amides is 1. The predicted molar refractivity (Wildman–Crippen MR) is 116 cm³/mol. The highest BCUT2D eigenvalue weighted by Crippen LogP contribution is 2.18. The number of aromatic nitrogens is 5. The van der Waals surface area contributed by atoms with Crippen molar-refractivity contribution >= 4 is 24.0 Å². The van der Waals surface area contributed by atoms with Crippen LogP contribution in [0.3, 0.4) is 0 Å². The fourth-order valence-corrected chi connectivity index (χ4v) is 3.64. The fraction of sp³-hybridized carbons (Fsp3) is 0.286. The Morgan fingerprint density at radius 2 is 2.10 bits per heavy atom. The number of hydrogen-bond donors (Lipinski definition) is 5. The van der Waals surface area contributed by atoms with Gasteiger partial charge in [0.15, 0.2) is 11.6 Å². The van der Waals surface area contributed by atoms with Crippen LogP contribution < -0.4 is 21.3 Å². The van der Waals surface area contributed by atoms with E-state index in [-0.39, 0.29) is 11.7 Å². The molecular formula is C21H24N8O2. The molecule has 5 N–H and O–H groups in total. The van der Waals surface area contributed by atoms with E-state index in [0.717, 1.165) is 30.8 Å². The van der Waals surface area contributed by atoms with Crippen LogP contribution in [-0.2, 0) is 11.2 Å². The molecule has 3 aromatic heterocycles. The van der Waals surface area contributed by atoms with Crippen molar-refractivity contribution in [1.29, 1.82) is 0 Å². The number of aliphatic hydroxyl groups excluding tert-OH is 1. The lowest BCUT2D eigenvalue weighted by molar-refractivity contribution is -0.120. The number of H-pyrrole nitrogens is 2. The number of aliphatic hydroxyl groups is 1. The SMILES string of the molecule is CCNCCc1c(C)[nH]c(=Cc2nccnc2C2C=NNC2=O)c1=C(O)c1ncc[nH]1. The van der Waals surface area contributed by atoms with Gasteiger partial charge in [0, 0.05) is 41.9 Å². The predicted octanol–water partition coefficient (Wildman–Crippen LogP) is -0.269. The third-order valence-electron chi connectivity index (χ3n) is 5.12. The molecule has 0 bridgehead atoms. The van der Waals surface area contributed by atoms with E-state index >= 15 is 0 Å². The van der Waals surface area contributed by atoms with E-state index in [0.29, 0.717) is 27.8 Å². The van der Waals surface area contributed by atoms with E-state index < -0.39 is 5.92 Å². The smallest absolute Gasteiger partial charge is 0.254 e. The molecule has 0 fully saturated rings. The van der Waals surface area contributed by atoms with Crippen molar-refractivity contribution < 1.29 is 9.90 Å². The summed E-state index contributed by atoms with van der Waals surface area (Å²) in [7, 11) is 0. The average molecular weight is 420 g/mol. The second kappa shape index (κ2) is 8.92. The van der Waals surface area contributed by atoms with Crippen LogP contribution in [-0.4, -0.2) is 55.2 Å². The molecule has 0 radical (unpaired) electrons. The number of imidazole rings is 1. The van der Waals surface area contributed by atoms with Crippen LogP contribution >= 0.6 is 0 Å². The highest BCUT2D eigenvalue weighted by molar-refractivity contribution is 6.02. The first-order valence-corrected chi connectivity index (χ1v) is 10.1. The number of nitrogens with zero attached hydrogens (tertiary/aromatic N) is 4. The molecule has 10 heteroatoms. The number of aromatic amines is 2. The third kappa shape index (κ3) is 4.10. The average Bonchev–Trinajstić information content (AvgIpc) is 3.50. The molecule has 0 spiro atoms. The van der Waals surface area contributed by atoms with Crippen molar-refractivity contribution in [2.45, 2.75) is 26.2 Å². The van der Waals surface area contributed by atoms with E-state index in [1.807, 2.05) is 6.92 Å². The maximum Gasteiger partial charge on any atom is 0.254 e. The number of aryl methyl sites for hydroxylation is 1. The lowest BCUT2D eigenvalue weighted by atomic mass is 10.0. The first-order valence-electron chi connectivity index (χ1n) is 10.1. The van der Waals surface area contributed by atoms with Gasteiger partial charge in [-0.25, -0.2) is 10.4 Å². The molecule has 0 saturated heterocycles. The second-order valence-electron chi connectivity index (χ2n) is 7.11. The van der Waals surface area contributed by atoms with Gasteiger partial charge in [0.1, 0.15) is 5.92 Å². The van der Waals surface area contributed by atoms with Crippen molar-refractivity contribution in [3.8, 4) is 0 Å². The Morgan fingerprint density at radius 3 is 2.81 bits per heavy atom. The van der Waals surface area contributed by atoms with Crippen molar-refractivity contribution in [2.24, 2.45) is 5.10 Å². The summed E-state index contributed by atoms with van der Waals surface area (Å²) >= 11 is 0. The molecule has 0 saturated carbocycles. The minimum atomic E-state index is -0.615. The van der Waals surface area contributed by atoms with Gasteiger partial charge in [0.25, 0.3) is 5.91 Å². The minimum Gasteiger partial charge on any atom is -0.504 e. The Labute approximate surface area is 178 Å². The fourth-order valence-electron chi connectivity index (χ4n) is 3.64. The number of hydrogen-bond acceptors (Lipinski definition) is 7. The first kappa shape index (κ1) is 20.5.